The van der Waals surface area contributed by atoms with Gasteiger partial charge in [0, 0.05) is 24.2 Å². The quantitative estimate of drug-likeness (QED) is 0.319. The first kappa shape index (κ1) is 17.1. The van der Waals surface area contributed by atoms with Crippen LogP contribution in [-0.4, -0.2) is 15.9 Å². The number of nitrogens with one attached hydrogen (secondary N) is 1. The largest absolute Gasteiger partial charge is 0.427 e. The number of hydrogen-bond donors (Lipinski definition) is 1. The van der Waals surface area contributed by atoms with E-state index in [1.54, 1.807) is 30.3 Å². The molecule has 7 heteroatoms. The van der Waals surface area contributed by atoms with Crippen LogP contribution in [-0.2, 0) is 4.79 Å². The Morgan fingerprint density at radius 3 is 2.35 bits per heavy atom. The predicted octanol–water partition coefficient (Wildman–Crippen LogP) is 4.33. The van der Waals surface area contributed by atoms with E-state index in [9.17, 15) is 14.9 Å². The van der Waals surface area contributed by atoms with Crippen molar-refractivity contribution in [1.29, 1.82) is 0 Å². The molecule has 1 N–H and O–H groups in total. The molecule has 0 aliphatic heterocycles. The van der Waals surface area contributed by atoms with Gasteiger partial charge in [0.15, 0.2) is 0 Å². The Morgan fingerprint density at radius 2 is 1.73 bits per heavy atom. The number of hydrogen-bond acceptors (Lipinski definition) is 6. The van der Waals surface area contributed by atoms with Crippen LogP contribution < -0.4 is 10.1 Å². The van der Waals surface area contributed by atoms with Crippen LogP contribution in [0.1, 0.15) is 6.92 Å². The third-order valence-corrected chi connectivity index (χ3v) is 3.52. The van der Waals surface area contributed by atoms with Gasteiger partial charge >= 0.3 is 11.7 Å². The van der Waals surface area contributed by atoms with Gasteiger partial charge in [-0.3, -0.25) is 14.9 Å². The van der Waals surface area contributed by atoms with E-state index in [1.165, 1.54) is 13.0 Å². The SMILES string of the molecule is CC(=O)Oc1ccc(Nc2nc(-c3ccccc3)ccc2[N+](=O)[O-])cc1. The number of benzene rings is 2. The van der Waals surface area contributed by atoms with E-state index in [-0.39, 0.29) is 11.5 Å². The maximum atomic E-state index is 11.3. The summed E-state index contributed by atoms with van der Waals surface area (Å²) in [5.74, 6) is 0.110. The normalized spacial score (nSPS) is 10.2. The summed E-state index contributed by atoms with van der Waals surface area (Å²) in [6, 6.07) is 18.9. The minimum absolute atomic E-state index is 0.131. The van der Waals surface area contributed by atoms with Gasteiger partial charge in [-0.1, -0.05) is 30.3 Å². The first-order valence-corrected chi connectivity index (χ1v) is 7.79. The van der Waals surface area contributed by atoms with Crippen molar-refractivity contribution in [2.75, 3.05) is 5.32 Å². The summed E-state index contributed by atoms with van der Waals surface area (Å²) in [7, 11) is 0. The van der Waals surface area contributed by atoms with Crippen LogP contribution in [0, 0.1) is 10.1 Å². The topological polar surface area (TPSA) is 94.4 Å². The van der Waals surface area contributed by atoms with Crippen LogP contribution in [0.5, 0.6) is 5.75 Å². The summed E-state index contributed by atoms with van der Waals surface area (Å²) in [6.07, 6.45) is 0. The molecule has 130 valence electrons. The molecule has 0 amide bonds. The zero-order valence-electron chi connectivity index (χ0n) is 13.9. The number of nitro groups is 1. The molecule has 7 nitrogen and oxygen atoms in total. The van der Waals surface area contributed by atoms with E-state index >= 15 is 0 Å². The molecular weight excluding hydrogens is 334 g/mol. The number of pyridine rings is 1. The van der Waals surface area contributed by atoms with Crippen molar-refractivity contribution in [3.05, 3.63) is 76.8 Å². The van der Waals surface area contributed by atoms with Crippen LogP contribution in [0.3, 0.4) is 0 Å². The molecule has 0 atom stereocenters. The van der Waals surface area contributed by atoms with Gasteiger partial charge < -0.3 is 10.1 Å². The molecule has 0 radical (unpaired) electrons. The van der Waals surface area contributed by atoms with Crippen molar-refractivity contribution in [3.8, 4) is 17.0 Å². The molecule has 0 saturated heterocycles. The number of carbonyl (C=O) groups is 1. The monoisotopic (exact) mass is 349 g/mol. The summed E-state index contributed by atoms with van der Waals surface area (Å²) in [6.45, 7) is 1.31. The molecule has 0 unspecified atom stereocenters. The predicted molar refractivity (Wildman–Crippen MR) is 97.4 cm³/mol. The van der Waals surface area contributed by atoms with Crippen LogP contribution >= 0.6 is 0 Å². The first-order valence-electron chi connectivity index (χ1n) is 7.79. The van der Waals surface area contributed by atoms with Gasteiger partial charge in [-0.05, 0) is 30.3 Å². The minimum atomic E-state index is -0.489. The Balaban J connectivity index is 1.92. The molecule has 0 saturated carbocycles. The summed E-state index contributed by atoms with van der Waals surface area (Å²) in [5, 5.41) is 14.3. The molecule has 2 aromatic carbocycles. The molecule has 0 fully saturated rings. The summed E-state index contributed by atoms with van der Waals surface area (Å²) >= 11 is 0. The second-order valence-electron chi connectivity index (χ2n) is 5.43. The van der Waals surface area contributed by atoms with Gasteiger partial charge in [0.2, 0.25) is 5.82 Å². The average molecular weight is 349 g/mol. The van der Waals surface area contributed by atoms with E-state index in [2.05, 4.69) is 10.3 Å². The molecular formula is C19H15N3O4. The highest BCUT2D eigenvalue weighted by molar-refractivity contribution is 5.72. The van der Waals surface area contributed by atoms with Crippen molar-refractivity contribution in [2.24, 2.45) is 0 Å². The Kier molecular flexibility index (Phi) is 4.89. The summed E-state index contributed by atoms with van der Waals surface area (Å²) in [4.78, 5) is 26.2. The molecule has 1 heterocycles. The number of esters is 1. The first-order chi connectivity index (χ1) is 12.5. The molecule has 3 aromatic rings. The van der Waals surface area contributed by atoms with Crippen molar-refractivity contribution >= 4 is 23.2 Å². The molecule has 0 aliphatic rings. The molecule has 1 aromatic heterocycles. The fourth-order valence-electron chi connectivity index (χ4n) is 2.37. The Labute approximate surface area is 149 Å². The van der Waals surface area contributed by atoms with Gasteiger partial charge in [-0.15, -0.1) is 0 Å². The van der Waals surface area contributed by atoms with Crippen LogP contribution in [0.4, 0.5) is 17.2 Å². The van der Waals surface area contributed by atoms with Gasteiger partial charge in [0.1, 0.15) is 5.75 Å². The number of carbonyl (C=O) groups excluding carboxylic acids is 1. The van der Waals surface area contributed by atoms with Gasteiger partial charge in [-0.25, -0.2) is 4.98 Å². The van der Waals surface area contributed by atoms with Gasteiger partial charge in [0.25, 0.3) is 0 Å². The fourth-order valence-corrected chi connectivity index (χ4v) is 2.37. The zero-order chi connectivity index (χ0) is 18.5. The van der Waals surface area contributed by atoms with Crippen molar-refractivity contribution in [1.82, 2.24) is 4.98 Å². The molecule has 0 aliphatic carbocycles. The summed E-state index contributed by atoms with van der Waals surface area (Å²) in [5.41, 5.74) is 1.93. The lowest BCUT2D eigenvalue weighted by Crippen LogP contribution is -2.02. The standard InChI is InChI=1S/C19H15N3O4/c1-13(23)26-16-9-7-15(8-10-16)20-19-18(22(24)25)12-11-17(21-19)14-5-3-2-4-6-14/h2-12H,1H3,(H,20,21). The number of nitrogens with zero attached hydrogens (tertiary/aromatic N) is 2. The Bertz CT molecular complexity index is 941. The van der Waals surface area contributed by atoms with Crippen LogP contribution in [0.2, 0.25) is 0 Å². The maximum Gasteiger partial charge on any atom is 0.311 e. The number of rotatable bonds is 5. The minimum Gasteiger partial charge on any atom is -0.427 e. The second kappa shape index (κ2) is 7.43. The van der Waals surface area contributed by atoms with Gasteiger partial charge in [0.05, 0.1) is 10.6 Å². The van der Waals surface area contributed by atoms with E-state index < -0.39 is 10.9 Å². The Morgan fingerprint density at radius 1 is 1.04 bits per heavy atom. The molecule has 26 heavy (non-hydrogen) atoms. The second-order valence-corrected chi connectivity index (χ2v) is 5.43. The van der Waals surface area contributed by atoms with E-state index in [4.69, 9.17) is 4.74 Å². The van der Waals surface area contributed by atoms with Crippen molar-refractivity contribution in [2.45, 2.75) is 6.92 Å². The van der Waals surface area contributed by atoms with E-state index in [0.29, 0.717) is 17.1 Å². The average Bonchev–Trinajstić information content (AvgIpc) is 2.63. The van der Waals surface area contributed by atoms with Crippen molar-refractivity contribution < 1.29 is 14.5 Å². The maximum absolute atomic E-state index is 11.3. The smallest absolute Gasteiger partial charge is 0.311 e. The number of anilines is 2. The highest BCUT2D eigenvalue weighted by Gasteiger charge is 2.17. The van der Waals surface area contributed by atoms with Crippen LogP contribution in [0.25, 0.3) is 11.3 Å². The third kappa shape index (κ3) is 4.02. The third-order valence-electron chi connectivity index (χ3n) is 3.52. The van der Waals surface area contributed by atoms with E-state index in [0.717, 1.165) is 5.56 Å². The highest BCUT2D eigenvalue weighted by atomic mass is 16.6. The van der Waals surface area contributed by atoms with Crippen molar-refractivity contribution in [3.63, 3.8) is 0 Å². The zero-order valence-corrected chi connectivity index (χ0v) is 13.9. The lowest BCUT2D eigenvalue weighted by molar-refractivity contribution is -0.384. The summed E-state index contributed by atoms with van der Waals surface area (Å²) < 4.78 is 4.97. The number of aromatic nitrogens is 1. The molecule has 3 rings (SSSR count). The molecule has 0 spiro atoms. The lowest BCUT2D eigenvalue weighted by atomic mass is 10.1. The van der Waals surface area contributed by atoms with Crippen LogP contribution in [0.15, 0.2) is 66.7 Å². The molecule has 0 bridgehead atoms. The Hall–Kier alpha value is -3.74. The highest BCUT2D eigenvalue weighted by Crippen LogP contribution is 2.29. The lowest BCUT2D eigenvalue weighted by Gasteiger charge is -2.09. The fraction of sp³-hybridized carbons (Fsp3) is 0.0526. The number of ether oxygens (including phenoxy) is 1. The van der Waals surface area contributed by atoms with E-state index in [1.807, 2.05) is 30.3 Å². The van der Waals surface area contributed by atoms with Gasteiger partial charge in [-0.2, -0.15) is 0 Å².